The Labute approximate surface area is 131 Å². The van der Waals surface area contributed by atoms with E-state index in [0.29, 0.717) is 12.1 Å². The van der Waals surface area contributed by atoms with Crippen LogP contribution in [0.2, 0.25) is 0 Å². The second-order valence-corrected chi connectivity index (χ2v) is 6.50. The molecule has 118 valence electrons. The average Bonchev–Trinajstić information content (AvgIpc) is 2.93. The molecule has 0 radical (unpaired) electrons. The molecule has 1 aromatic carbocycles. The summed E-state index contributed by atoms with van der Waals surface area (Å²) < 4.78 is 1.73. The van der Waals surface area contributed by atoms with Crippen LogP contribution in [0.3, 0.4) is 0 Å². The normalized spacial score (nSPS) is 12.9. The van der Waals surface area contributed by atoms with Gasteiger partial charge in [0.15, 0.2) is 0 Å². The number of aliphatic hydroxyl groups is 1. The first kappa shape index (κ1) is 16.2. The lowest BCUT2D eigenvalue weighted by Gasteiger charge is -2.25. The second-order valence-electron chi connectivity index (χ2n) is 6.50. The van der Waals surface area contributed by atoms with E-state index in [0.717, 1.165) is 5.56 Å². The molecule has 0 bridgehead atoms. The van der Waals surface area contributed by atoms with Crippen LogP contribution in [0.5, 0.6) is 0 Å². The molecule has 22 heavy (non-hydrogen) atoms. The number of nitrogens with one attached hydrogen (secondary N) is 1. The minimum absolute atomic E-state index is 0.220. The van der Waals surface area contributed by atoms with E-state index >= 15 is 0 Å². The van der Waals surface area contributed by atoms with Crippen LogP contribution >= 0.6 is 0 Å². The molecule has 2 N–H and O–H groups in total. The van der Waals surface area contributed by atoms with Crippen molar-refractivity contribution >= 4 is 5.91 Å². The third-order valence-electron chi connectivity index (χ3n) is 3.54. The summed E-state index contributed by atoms with van der Waals surface area (Å²) in [6, 6.07) is 9.94. The average molecular weight is 301 g/mol. The Kier molecular flexibility index (Phi) is 4.98. The van der Waals surface area contributed by atoms with Gasteiger partial charge in [-0.2, -0.15) is 5.10 Å². The summed E-state index contributed by atoms with van der Waals surface area (Å²) in [5.41, 5.74) is 1.36. The number of carbonyl (C=O) groups excluding carboxylic acids is 1. The van der Waals surface area contributed by atoms with Gasteiger partial charge in [0.05, 0.1) is 24.4 Å². The van der Waals surface area contributed by atoms with Gasteiger partial charge in [0.25, 0.3) is 5.91 Å². The van der Waals surface area contributed by atoms with Crippen molar-refractivity contribution in [1.82, 2.24) is 15.1 Å². The van der Waals surface area contributed by atoms with Gasteiger partial charge in [-0.25, -0.2) is 0 Å². The fourth-order valence-electron chi connectivity index (χ4n) is 1.94. The van der Waals surface area contributed by atoms with Crippen molar-refractivity contribution in [3.63, 3.8) is 0 Å². The number of benzene rings is 1. The van der Waals surface area contributed by atoms with E-state index in [1.807, 2.05) is 51.1 Å². The molecule has 5 heteroatoms. The van der Waals surface area contributed by atoms with Crippen molar-refractivity contribution < 1.29 is 9.90 Å². The van der Waals surface area contributed by atoms with Gasteiger partial charge in [0, 0.05) is 12.7 Å². The molecule has 0 aliphatic heterocycles. The Morgan fingerprint density at radius 3 is 2.64 bits per heavy atom. The summed E-state index contributed by atoms with van der Waals surface area (Å²) in [7, 11) is 0. The Balaban J connectivity index is 1.92. The van der Waals surface area contributed by atoms with E-state index in [9.17, 15) is 9.90 Å². The number of carbonyl (C=O) groups is 1. The van der Waals surface area contributed by atoms with Crippen molar-refractivity contribution in [3.05, 3.63) is 53.9 Å². The highest BCUT2D eigenvalue weighted by Crippen LogP contribution is 2.18. The highest BCUT2D eigenvalue weighted by molar-refractivity contribution is 5.93. The quantitative estimate of drug-likeness (QED) is 0.888. The van der Waals surface area contributed by atoms with Gasteiger partial charge >= 0.3 is 0 Å². The summed E-state index contributed by atoms with van der Waals surface area (Å²) >= 11 is 0. The van der Waals surface area contributed by atoms with E-state index in [2.05, 4.69) is 10.4 Å². The van der Waals surface area contributed by atoms with Crippen LogP contribution in [0.4, 0.5) is 0 Å². The number of rotatable bonds is 5. The van der Waals surface area contributed by atoms with Gasteiger partial charge in [0.2, 0.25) is 0 Å². The first-order chi connectivity index (χ1) is 10.4. The van der Waals surface area contributed by atoms with Gasteiger partial charge in [0.1, 0.15) is 0 Å². The fraction of sp³-hybridized carbons (Fsp3) is 0.412. The van der Waals surface area contributed by atoms with Crippen LogP contribution < -0.4 is 5.32 Å². The molecule has 1 atom stereocenters. The smallest absolute Gasteiger partial charge is 0.254 e. The number of amides is 1. The predicted octanol–water partition coefficient (Wildman–Crippen LogP) is 2.07. The number of aliphatic hydroxyl groups excluding tert-OH is 1. The molecule has 0 saturated heterocycles. The summed E-state index contributed by atoms with van der Waals surface area (Å²) in [5.74, 6) is -0.220. The number of aromatic nitrogens is 2. The summed E-state index contributed by atoms with van der Waals surface area (Å²) in [6.07, 6.45) is 2.67. The number of hydrogen-bond donors (Lipinski definition) is 2. The maximum Gasteiger partial charge on any atom is 0.254 e. The van der Waals surface area contributed by atoms with Crippen molar-refractivity contribution in [1.29, 1.82) is 0 Å². The molecule has 0 aliphatic rings. The largest absolute Gasteiger partial charge is 0.391 e. The monoisotopic (exact) mass is 301 g/mol. The minimum Gasteiger partial charge on any atom is -0.391 e. The van der Waals surface area contributed by atoms with Crippen LogP contribution in [0, 0.1) is 5.41 Å². The lowest BCUT2D eigenvalue weighted by Crippen LogP contribution is -2.39. The molecule has 1 amide bonds. The van der Waals surface area contributed by atoms with Crippen LogP contribution in [-0.2, 0) is 6.54 Å². The summed E-state index contributed by atoms with van der Waals surface area (Å²) in [6.45, 7) is 6.65. The zero-order valence-electron chi connectivity index (χ0n) is 13.3. The molecule has 0 spiro atoms. The van der Waals surface area contributed by atoms with E-state index in [1.165, 1.54) is 0 Å². The van der Waals surface area contributed by atoms with Crippen molar-refractivity contribution in [2.45, 2.75) is 33.4 Å². The molecule has 0 aliphatic carbocycles. The van der Waals surface area contributed by atoms with E-state index < -0.39 is 6.10 Å². The third kappa shape index (κ3) is 4.43. The number of hydrogen-bond acceptors (Lipinski definition) is 3. The van der Waals surface area contributed by atoms with Gasteiger partial charge in [-0.3, -0.25) is 9.48 Å². The van der Waals surface area contributed by atoms with Crippen molar-refractivity contribution in [3.8, 4) is 0 Å². The molecule has 0 saturated carbocycles. The fourth-order valence-corrected chi connectivity index (χ4v) is 1.94. The Hall–Kier alpha value is -2.14. The van der Waals surface area contributed by atoms with Crippen LogP contribution in [0.1, 0.15) is 36.7 Å². The van der Waals surface area contributed by atoms with E-state index in [-0.39, 0.29) is 17.9 Å². The topological polar surface area (TPSA) is 67.2 Å². The zero-order chi connectivity index (χ0) is 16.2. The molecule has 1 unspecified atom stereocenters. The molecule has 1 aromatic heterocycles. The SMILES string of the molecule is CC(C)(C)C(O)CNC(=O)c1cnn(Cc2ccccc2)c1. The summed E-state index contributed by atoms with van der Waals surface area (Å²) in [5, 5.41) is 16.9. The molecular weight excluding hydrogens is 278 g/mol. The summed E-state index contributed by atoms with van der Waals surface area (Å²) in [4.78, 5) is 12.1. The van der Waals surface area contributed by atoms with Crippen LogP contribution in [0.15, 0.2) is 42.7 Å². The van der Waals surface area contributed by atoms with Crippen LogP contribution in [0.25, 0.3) is 0 Å². The Morgan fingerprint density at radius 1 is 1.32 bits per heavy atom. The lowest BCUT2D eigenvalue weighted by atomic mass is 9.89. The molecule has 2 rings (SSSR count). The highest BCUT2D eigenvalue weighted by atomic mass is 16.3. The molecular formula is C17H23N3O2. The number of nitrogens with zero attached hydrogens (tertiary/aromatic N) is 2. The predicted molar refractivity (Wildman–Crippen MR) is 85.6 cm³/mol. The van der Waals surface area contributed by atoms with E-state index in [4.69, 9.17) is 0 Å². The molecule has 0 fully saturated rings. The molecule has 2 aromatic rings. The third-order valence-corrected chi connectivity index (χ3v) is 3.54. The van der Waals surface area contributed by atoms with Gasteiger partial charge < -0.3 is 10.4 Å². The van der Waals surface area contributed by atoms with Crippen molar-refractivity contribution in [2.75, 3.05) is 6.54 Å². The molecule has 1 heterocycles. The maximum atomic E-state index is 12.1. The standard InChI is InChI=1S/C17H23N3O2/c1-17(2,3)15(21)10-18-16(22)14-9-19-20(12-14)11-13-7-5-4-6-8-13/h4-9,12,15,21H,10-11H2,1-3H3,(H,18,22). The molecule has 5 nitrogen and oxygen atoms in total. The Bertz CT molecular complexity index is 614. The van der Waals surface area contributed by atoms with Gasteiger partial charge in [-0.05, 0) is 11.0 Å². The Morgan fingerprint density at radius 2 is 2.00 bits per heavy atom. The first-order valence-corrected chi connectivity index (χ1v) is 7.39. The van der Waals surface area contributed by atoms with Gasteiger partial charge in [-0.1, -0.05) is 51.1 Å². The minimum atomic E-state index is -0.587. The van der Waals surface area contributed by atoms with Crippen LogP contribution in [-0.4, -0.2) is 33.4 Å². The maximum absolute atomic E-state index is 12.1. The first-order valence-electron chi connectivity index (χ1n) is 7.39. The van der Waals surface area contributed by atoms with Crippen molar-refractivity contribution in [2.24, 2.45) is 5.41 Å². The second kappa shape index (κ2) is 6.75. The highest BCUT2D eigenvalue weighted by Gasteiger charge is 2.22. The lowest BCUT2D eigenvalue weighted by molar-refractivity contribution is 0.0587. The van der Waals surface area contributed by atoms with Gasteiger partial charge in [-0.15, -0.1) is 0 Å². The van der Waals surface area contributed by atoms with E-state index in [1.54, 1.807) is 17.1 Å². The zero-order valence-corrected chi connectivity index (χ0v) is 13.3.